The van der Waals surface area contributed by atoms with Gasteiger partial charge in [0.1, 0.15) is 6.10 Å². The molecule has 3 unspecified atom stereocenters. The van der Waals surface area contributed by atoms with Gasteiger partial charge in [-0.3, -0.25) is 5.26 Å². The molecule has 0 aromatic heterocycles. The van der Waals surface area contributed by atoms with Crippen LogP contribution < -0.4 is 0 Å². The van der Waals surface area contributed by atoms with E-state index in [0.717, 1.165) is 6.42 Å². The number of fused-ring (bicyclic) bond motifs is 3. The van der Waals surface area contributed by atoms with Crippen molar-refractivity contribution in [3.8, 4) is 0 Å². The Morgan fingerprint density at radius 1 is 1.12 bits per heavy atom. The van der Waals surface area contributed by atoms with E-state index in [0.29, 0.717) is 11.8 Å². The first-order chi connectivity index (χ1) is 7.90. The Labute approximate surface area is 96.2 Å². The van der Waals surface area contributed by atoms with E-state index in [1.54, 1.807) is 0 Å². The van der Waals surface area contributed by atoms with Gasteiger partial charge in [-0.25, -0.2) is 4.89 Å². The molecule has 3 aliphatic carbocycles. The minimum Gasteiger partial charge on any atom is -0.251 e. The second-order valence-corrected chi connectivity index (χ2v) is 5.05. The molecule has 86 valence electrons. The van der Waals surface area contributed by atoms with Crippen molar-refractivity contribution in [1.29, 1.82) is 0 Å². The number of hydrogen-bond donors (Lipinski definition) is 1. The van der Waals surface area contributed by atoms with Crippen molar-refractivity contribution < 1.29 is 10.1 Å². The molecular formula is C14H18O2. The zero-order valence-electron chi connectivity index (χ0n) is 9.43. The number of allylic oxidation sites excluding steroid dienone is 5. The van der Waals surface area contributed by atoms with Crippen LogP contribution in [0.4, 0.5) is 0 Å². The molecular weight excluding hydrogens is 200 g/mol. The lowest BCUT2D eigenvalue weighted by atomic mass is 9.67. The molecule has 0 spiro atoms. The average Bonchev–Trinajstić information content (AvgIpc) is 2.37. The third-order valence-corrected chi connectivity index (χ3v) is 4.25. The molecule has 1 fully saturated rings. The van der Waals surface area contributed by atoms with Crippen molar-refractivity contribution in [2.75, 3.05) is 0 Å². The highest BCUT2D eigenvalue weighted by atomic mass is 17.1. The van der Waals surface area contributed by atoms with Crippen LogP contribution in [0.1, 0.15) is 32.1 Å². The van der Waals surface area contributed by atoms with Crippen molar-refractivity contribution in [2.24, 2.45) is 11.8 Å². The molecule has 0 aromatic carbocycles. The van der Waals surface area contributed by atoms with Crippen LogP contribution in [0.3, 0.4) is 0 Å². The highest BCUT2D eigenvalue weighted by Crippen LogP contribution is 2.45. The van der Waals surface area contributed by atoms with Crippen LogP contribution in [-0.2, 0) is 4.89 Å². The van der Waals surface area contributed by atoms with Crippen molar-refractivity contribution in [3.05, 3.63) is 35.5 Å². The highest BCUT2D eigenvalue weighted by Gasteiger charge is 2.36. The summed E-state index contributed by atoms with van der Waals surface area (Å²) in [5.74, 6) is 1.28. The topological polar surface area (TPSA) is 29.5 Å². The fourth-order valence-corrected chi connectivity index (χ4v) is 3.46. The molecule has 2 nitrogen and oxygen atoms in total. The third-order valence-electron chi connectivity index (χ3n) is 4.25. The summed E-state index contributed by atoms with van der Waals surface area (Å²) >= 11 is 0. The predicted octanol–water partition coefficient (Wildman–Crippen LogP) is 3.48. The molecule has 0 aromatic rings. The fraction of sp³-hybridized carbons (Fsp3) is 0.571. The van der Waals surface area contributed by atoms with Crippen LogP contribution in [0.5, 0.6) is 0 Å². The minimum atomic E-state index is -0.0533. The first-order valence-corrected chi connectivity index (χ1v) is 6.28. The molecule has 3 rings (SSSR count). The zero-order chi connectivity index (χ0) is 11.0. The van der Waals surface area contributed by atoms with Crippen molar-refractivity contribution in [1.82, 2.24) is 0 Å². The van der Waals surface area contributed by atoms with Gasteiger partial charge in [0.05, 0.1) is 0 Å². The number of hydrogen-bond acceptors (Lipinski definition) is 2. The predicted molar refractivity (Wildman–Crippen MR) is 62.9 cm³/mol. The van der Waals surface area contributed by atoms with E-state index in [-0.39, 0.29) is 6.10 Å². The molecule has 16 heavy (non-hydrogen) atoms. The largest absolute Gasteiger partial charge is 0.251 e. The highest BCUT2D eigenvalue weighted by molar-refractivity contribution is 5.39. The molecule has 1 N–H and O–H groups in total. The zero-order valence-corrected chi connectivity index (χ0v) is 9.43. The lowest BCUT2D eigenvalue weighted by Gasteiger charge is -2.39. The smallest absolute Gasteiger partial charge is 0.114 e. The lowest BCUT2D eigenvalue weighted by Crippen LogP contribution is -2.33. The van der Waals surface area contributed by atoms with Gasteiger partial charge < -0.3 is 0 Å². The lowest BCUT2D eigenvalue weighted by molar-refractivity contribution is -0.274. The van der Waals surface area contributed by atoms with E-state index in [9.17, 15) is 0 Å². The summed E-state index contributed by atoms with van der Waals surface area (Å²) in [5, 5.41) is 8.95. The van der Waals surface area contributed by atoms with E-state index < -0.39 is 0 Å². The summed E-state index contributed by atoms with van der Waals surface area (Å²) < 4.78 is 0. The van der Waals surface area contributed by atoms with Gasteiger partial charge in [-0.05, 0) is 55.1 Å². The van der Waals surface area contributed by atoms with Gasteiger partial charge in [-0.15, -0.1) is 0 Å². The molecule has 2 heteroatoms. The van der Waals surface area contributed by atoms with Gasteiger partial charge in [-0.2, -0.15) is 0 Å². The van der Waals surface area contributed by atoms with Gasteiger partial charge in [-0.1, -0.05) is 24.3 Å². The third kappa shape index (κ3) is 1.57. The second-order valence-electron chi connectivity index (χ2n) is 5.05. The molecule has 0 amide bonds. The summed E-state index contributed by atoms with van der Waals surface area (Å²) in [5.41, 5.74) is 2.79. The van der Waals surface area contributed by atoms with E-state index in [2.05, 4.69) is 29.2 Å². The molecule has 1 saturated carbocycles. The Hall–Kier alpha value is -0.860. The van der Waals surface area contributed by atoms with Crippen LogP contribution in [0.25, 0.3) is 0 Å². The fourth-order valence-electron chi connectivity index (χ4n) is 3.46. The average molecular weight is 218 g/mol. The van der Waals surface area contributed by atoms with Gasteiger partial charge in [0.2, 0.25) is 0 Å². The quantitative estimate of drug-likeness (QED) is 0.539. The van der Waals surface area contributed by atoms with Gasteiger partial charge in [0.25, 0.3) is 0 Å². The monoisotopic (exact) mass is 218 g/mol. The summed E-state index contributed by atoms with van der Waals surface area (Å²) in [7, 11) is 0. The van der Waals surface area contributed by atoms with Gasteiger partial charge in [0.15, 0.2) is 0 Å². The molecule has 0 radical (unpaired) electrons. The normalized spacial score (nSPS) is 37.2. The summed E-state index contributed by atoms with van der Waals surface area (Å²) in [6.07, 6.45) is 14.7. The Morgan fingerprint density at radius 2 is 2.06 bits per heavy atom. The van der Waals surface area contributed by atoms with Crippen LogP contribution in [0.2, 0.25) is 0 Å². The van der Waals surface area contributed by atoms with Gasteiger partial charge in [0, 0.05) is 0 Å². The molecule has 3 aliphatic rings. The maximum Gasteiger partial charge on any atom is 0.114 e. The number of rotatable bonds is 1. The summed E-state index contributed by atoms with van der Waals surface area (Å²) in [4.78, 5) is 4.62. The SMILES string of the molecule is OOC1CCCC2C1=CC=C1C=CCCC12. The van der Waals surface area contributed by atoms with Crippen LogP contribution >= 0.6 is 0 Å². The maximum atomic E-state index is 8.95. The molecule has 3 atom stereocenters. The van der Waals surface area contributed by atoms with Gasteiger partial charge >= 0.3 is 0 Å². The van der Waals surface area contributed by atoms with Crippen molar-refractivity contribution in [3.63, 3.8) is 0 Å². The van der Waals surface area contributed by atoms with Crippen LogP contribution in [0, 0.1) is 11.8 Å². The van der Waals surface area contributed by atoms with E-state index in [1.165, 1.54) is 36.8 Å². The maximum absolute atomic E-state index is 8.95. The second kappa shape index (κ2) is 4.19. The minimum absolute atomic E-state index is 0.0533. The Bertz CT molecular complexity index is 365. The molecule has 0 aliphatic heterocycles. The Balaban J connectivity index is 1.94. The van der Waals surface area contributed by atoms with Crippen molar-refractivity contribution >= 4 is 0 Å². The van der Waals surface area contributed by atoms with Crippen LogP contribution in [0.15, 0.2) is 35.5 Å². The first kappa shape index (κ1) is 10.3. The van der Waals surface area contributed by atoms with E-state index in [1.807, 2.05) is 0 Å². The van der Waals surface area contributed by atoms with E-state index >= 15 is 0 Å². The van der Waals surface area contributed by atoms with Crippen molar-refractivity contribution in [2.45, 2.75) is 38.2 Å². The summed E-state index contributed by atoms with van der Waals surface area (Å²) in [6, 6.07) is 0. The Kier molecular flexibility index (Phi) is 2.70. The molecule has 0 heterocycles. The standard InChI is InChI=1S/C14H18O2/c15-16-14-7-3-6-12-11-5-2-1-4-10(11)8-9-13(12)14/h1,4,8-9,11-12,14-15H,2-3,5-7H2. The van der Waals surface area contributed by atoms with Crippen LogP contribution in [-0.4, -0.2) is 11.4 Å². The molecule has 0 bridgehead atoms. The molecule has 0 saturated heterocycles. The van der Waals surface area contributed by atoms with E-state index in [4.69, 9.17) is 5.26 Å². The summed E-state index contributed by atoms with van der Waals surface area (Å²) in [6.45, 7) is 0. The first-order valence-electron chi connectivity index (χ1n) is 6.28. The Morgan fingerprint density at radius 3 is 2.94 bits per heavy atom.